The summed E-state index contributed by atoms with van der Waals surface area (Å²) < 4.78 is 13.6. The average Bonchev–Trinajstić information content (AvgIpc) is 3.15. The Balaban J connectivity index is 1.62. The Morgan fingerprint density at radius 2 is 1.88 bits per heavy atom. The molecule has 1 aromatic carbocycles. The van der Waals surface area contributed by atoms with Crippen molar-refractivity contribution in [2.75, 3.05) is 17.6 Å². The molecule has 0 aliphatic heterocycles. The van der Waals surface area contributed by atoms with Crippen LogP contribution in [0.15, 0.2) is 18.2 Å². The highest BCUT2D eigenvalue weighted by atomic mass is 19.1. The fourth-order valence-corrected chi connectivity index (χ4v) is 2.67. The maximum absolute atomic E-state index is 13.6. The van der Waals surface area contributed by atoms with E-state index < -0.39 is 0 Å². The minimum Gasteiger partial charge on any atom is -0.399 e. The van der Waals surface area contributed by atoms with Crippen molar-refractivity contribution in [2.45, 2.75) is 25.7 Å². The maximum Gasteiger partial charge on any atom is 0.148 e. The van der Waals surface area contributed by atoms with E-state index in [2.05, 4.69) is 5.32 Å². The Morgan fingerprint density at radius 3 is 2.41 bits per heavy atom. The highest BCUT2D eigenvalue weighted by Gasteiger charge is 2.41. The van der Waals surface area contributed by atoms with Crippen LogP contribution in [-0.2, 0) is 0 Å². The number of halogens is 1. The zero-order valence-corrected chi connectivity index (χ0v) is 9.95. The van der Waals surface area contributed by atoms with Crippen LogP contribution in [0.5, 0.6) is 0 Å². The molecule has 2 nitrogen and oxygen atoms in total. The SMILES string of the molecule is Nc1ccc(NCC(C2CC2)C2CC2)c(F)c1. The van der Waals surface area contributed by atoms with Crippen molar-refractivity contribution in [3.8, 4) is 0 Å². The van der Waals surface area contributed by atoms with Crippen molar-refractivity contribution in [2.24, 2.45) is 17.8 Å². The number of nitrogens with two attached hydrogens (primary N) is 1. The lowest BCUT2D eigenvalue weighted by atomic mass is 9.98. The molecule has 0 bridgehead atoms. The molecule has 0 atom stereocenters. The molecular formula is C14H19FN2. The van der Waals surface area contributed by atoms with E-state index in [1.54, 1.807) is 12.1 Å². The van der Waals surface area contributed by atoms with E-state index in [1.165, 1.54) is 31.7 Å². The smallest absolute Gasteiger partial charge is 0.148 e. The van der Waals surface area contributed by atoms with Gasteiger partial charge < -0.3 is 11.1 Å². The Hall–Kier alpha value is -1.25. The molecule has 2 aliphatic carbocycles. The molecular weight excluding hydrogens is 215 g/mol. The van der Waals surface area contributed by atoms with Crippen LogP contribution >= 0.6 is 0 Å². The van der Waals surface area contributed by atoms with Gasteiger partial charge in [-0.1, -0.05) is 0 Å². The summed E-state index contributed by atoms with van der Waals surface area (Å²) in [7, 11) is 0. The molecule has 2 fully saturated rings. The molecule has 3 heteroatoms. The number of nitrogen functional groups attached to an aromatic ring is 1. The molecule has 0 spiro atoms. The first-order valence-corrected chi connectivity index (χ1v) is 6.53. The molecule has 0 radical (unpaired) electrons. The predicted octanol–water partition coefficient (Wildman–Crippen LogP) is 3.26. The number of nitrogens with one attached hydrogen (secondary N) is 1. The minimum atomic E-state index is -0.240. The molecule has 0 amide bonds. The third kappa shape index (κ3) is 2.54. The maximum atomic E-state index is 13.6. The van der Waals surface area contributed by atoms with Crippen LogP contribution in [0, 0.1) is 23.6 Å². The second kappa shape index (κ2) is 4.21. The summed E-state index contributed by atoms with van der Waals surface area (Å²) in [5, 5.41) is 3.25. The minimum absolute atomic E-state index is 0.240. The normalized spacial score (nSPS) is 19.6. The van der Waals surface area contributed by atoms with E-state index >= 15 is 0 Å². The summed E-state index contributed by atoms with van der Waals surface area (Å²) in [5.74, 6) is 2.31. The number of hydrogen-bond acceptors (Lipinski definition) is 2. The van der Waals surface area contributed by atoms with Gasteiger partial charge in [-0.3, -0.25) is 0 Å². The standard InChI is InChI=1S/C14H19FN2/c15-13-7-11(16)5-6-14(13)17-8-12(9-1-2-9)10-3-4-10/h5-7,9-10,12,17H,1-4,8,16H2. The predicted molar refractivity (Wildman–Crippen MR) is 68.2 cm³/mol. The molecule has 2 aliphatic rings. The third-order valence-electron chi connectivity index (χ3n) is 3.98. The van der Waals surface area contributed by atoms with Crippen molar-refractivity contribution in [3.63, 3.8) is 0 Å². The number of anilines is 2. The number of rotatable bonds is 5. The molecule has 1 aromatic rings. The summed E-state index contributed by atoms with van der Waals surface area (Å²) in [6.07, 6.45) is 5.47. The molecule has 3 rings (SSSR count). The zero-order valence-electron chi connectivity index (χ0n) is 9.95. The second-order valence-corrected chi connectivity index (χ2v) is 5.46. The van der Waals surface area contributed by atoms with Gasteiger partial charge >= 0.3 is 0 Å². The lowest BCUT2D eigenvalue weighted by Gasteiger charge is -2.17. The Labute approximate surface area is 101 Å². The Morgan fingerprint density at radius 1 is 1.24 bits per heavy atom. The highest BCUT2D eigenvalue weighted by Crippen LogP contribution is 2.49. The summed E-state index contributed by atoms with van der Waals surface area (Å²) in [5.41, 5.74) is 6.60. The van der Waals surface area contributed by atoms with Crippen molar-refractivity contribution >= 4 is 11.4 Å². The lowest BCUT2D eigenvalue weighted by Crippen LogP contribution is -2.18. The largest absolute Gasteiger partial charge is 0.399 e. The van der Waals surface area contributed by atoms with Gasteiger partial charge in [0.2, 0.25) is 0 Å². The van der Waals surface area contributed by atoms with Gasteiger partial charge in [-0.2, -0.15) is 0 Å². The van der Waals surface area contributed by atoms with Crippen molar-refractivity contribution in [1.29, 1.82) is 0 Å². The van der Waals surface area contributed by atoms with Crippen LogP contribution < -0.4 is 11.1 Å². The van der Waals surface area contributed by atoms with Crippen LogP contribution in [0.2, 0.25) is 0 Å². The van der Waals surface area contributed by atoms with Gasteiger partial charge in [-0.05, 0) is 61.6 Å². The summed E-state index contributed by atoms with van der Waals surface area (Å²) in [6.45, 7) is 0.913. The van der Waals surface area contributed by atoms with Gasteiger partial charge in [0.15, 0.2) is 0 Å². The molecule has 0 aromatic heterocycles. The zero-order chi connectivity index (χ0) is 11.8. The second-order valence-electron chi connectivity index (χ2n) is 5.46. The van der Waals surface area contributed by atoms with Gasteiger partial charge in [-0.15, -0.1) is 0 Å². The topological polar surface area (TPSA) is 38.0 Å². The van der Waals surface area contributed by atoms with Gasteiger partial charge in [-0.25, -0.2) is 4.39 Å². The monoisotopic (exact) mass is 234 g/mol. The van der Waals surface area contributed by atoms with Gasteiger partial charge in [0.25, 0.3) is 0 Å². The fraction of sp³-hybridized carbons (Fsp3) is 0.571. The van der Waals surface area contributed by atoms with E-state index in [9.17, 15) is 4.39 Å². The summed E-state index contributed by atoms with van der Waals surface area (Å²) >= 11 is 0. The molecule has 0 saturated heterocycles. The summed E-state index contributed by atoms with van der Waals surface area (Å²) in [4.78, 5) is 0. The van der Waals surface area contributed by atoms with Gasteiger partial charge in [0.05, 0.1) is 5.69 Å². The summed E-state index contributed by atoms with van der Waals surface area (Å²) in [6, 6.07) is 4.86. The quantitative estimate of drug-likeness (QED) is 0.767. The fourth-order valence-electron chi connectivity index (χ4n) is 2.67. The molecule has 17 heavy (non-hydrogen) atoms. The van der Waals surface area contributed by atoms with Gasteiger partial charge in [0.1, 0.15) is 5.82 Å². The van der Waals surface area contributed by atoms with Crippen LogP contribution in [-0.4, -0.2) is 6.54 Å². The van der Waals surface area contributed by atoms with Crippen molar-refractivity contribution in [1.82, 2.24) is 0 Å². The van der Waals surface area contributed by atoms with Crippen molar-refractivity contribution < 1.29 is 4.39 Å². The first-order chi connectivity index (χ1) is 8.24. The highest BCUT2D eigenvalue weighted by molar-refractivity contribution is 5.52. The van der Waals surface area contributed by atoms with Crippen molar-refractivity contribution in [3.05, 3.63) is 24.0 Å². The average molecular weight is 234 g/mol. The number of hydrogen-bond donors (Lipinski definition) is 2. The van der Waals surface area contributed by atoms with E-state index in [0.717, 1.165) is 24.3 Å². The Bertz CT molecular complexity index is 399. The first kappa shape index (κ1) is 10.9. The van der Waals surface area contributed by atoms with Crippen LogP contribution in [0.1, 0.15) is 25.7 Å². The molecule has 0 unspecified atom stereocenters. The van der Waals surface area contributed by atoms with E-state index in [-0.39, 0.29) is 5.82 Å². The Kier molecular flexibility index (Phi) is 2.69. The van der Waals surface area contributed by atoms with Gasteiger partial charge in [0, 0.05) is 12.2 Å². The van der Waals surface area contributed by atoms with Crippen LogP contribution in [0.3, 0.4) is 0 Å². The lowest BCUT2D eigenvalue weighted by molar-refractivity contribution is 0.427. The molecule has 0 heterocycles. The first-order valence-electron chi connectivity index (χ1n) is 6.53. The van der Waals surface area contributed by atoms with E-state index in [4.69, 9.17) is 5.73 Å². The van der Waals surface area contributed by atoms with Crippen LogP contribution in [0.4, 0.5) is 15.8 Å². The van der Waals surface area contributed by atoms with E-state index in [1.807, 2.05) is 0 Å². The van der Waals surface area contributed by atoms with E-state index in [0.29, 0.717) is 11.4 Å². The van der Waals surface area contributed by atoms with Crippen LogP contribution in [0.25, 0.3) is 0 Å². The molecule has 3 N–H and O–H groups in total. The molecule has 92 valence electrons. The third-order valence-corrected chi connectivity index (χ3v) is 3.98. The molecule has 2 saturated carbocycles. The number of benzene rings is 1.